The van der Waals surface area contributed by atoms with Crippen LogP contribution in [-0.4, -0.2) is 28.7 Å². The third kappa shape index (κ3) is 4.01. The van der Waals surface area contributed by atoms with Gasteiger partial charge in [0.1, 0.15) is 0 Å². The maximum Gasteiger partial charge on any atom is 0.359 e. The number of benzene rings is 2. The minimum Gasteiger partial charge on any atom is -0.451 e. The molecule has 0 fully saturated rings. The van der Waals surface area contributed by atoms with E-state index in [2.05, 4.69) is 15.5 Å². The van der Waals surface area contributed by atoms with Crippen molar-refractivity contribution in [2.24, 2.45) is 0 Å². The Labute approximate surface area is 156 Å². The summed E-state index contributed by atoms with van der Waals surface area (Å²) in [6.45, 7) is -0.544. The van der Waals surface area contributed by atoms with Gasteiger partial charge < -0.3 is 10.1 Å². The van der Waals surface area contributed by atoms with Crippen molar-refractivity contribution in [1.82, 2.24) is 10.2 Å². The number of halogens is 2. The van der Waals surface area contributed by atoms with E-state index >= 15 is 0 Å². The number of carbonyl (C=O) groups is 2. The summed E-state index contributed by atoms with van der Waals surface area (Å²) in [5, 5.41) is 9.80. The standard InChI is InChI=1S/C17H11Cl2N3O4/c18-9-5-10(19)7-11(6-9)20-14(23)8-26-17(25)15-12-3-1-2-4-13(12)16(24)22-21-15/h1-7H,8H2,(H,20,23)(H,22,24). The molecular weight excluding hydrogens is 381 g/mol. The molecule has 0 aliphatic carbocycles. The van der Waals surface area contributed by atoms with Gasteiger partial charge in [0.05, 0.1) is 5.39 Å². The first-order valence-corrected chi connectivity index (χ1v) is 8.10. The summed E-state index contributed by atoms with van der Waals surface area (Å²) < 4.78 is 4.97. The van der Waals surface area contributed by atoms with Crippen molar-refractivity contribution in [3.05, 3.63) is 68.6 Å². The monoisotopic (exact) mass is 391 g/mol. The third-order valence-corrected chi connectivity index (χ3v) is 3.81. The molecule has 0 aliphatic heterocycles. The number of hydrogen-bond acceptors (Lipinski definition) is 5. The Morgan fingerprint density at radius 3 is 2.42 bits per heavy atom. The first kappa shape index (κ1) is 17.9. The SMILES string of the molecule is O=C(COC(=O)c1n[nH]c(=O)c2ccccc12)Nc1cc(Cl)cc(Cl)c1. The van der Waals surface area contributed by atoms with Gasteiger partial charge in [-0.3, -0.25) is 9.59 Å². The summed E-state index contributed by atoms with van der Waals surface area (Å²) >= 11 is 11.7. The van der Waals surface area contributed by atoms with Crippen molar-refractivity contribution >= 4 is 51.5 Å². The summed E-state index contributed by atoms with van der Waals surface area (Å²) in [7, 11) is 0. The van der Waals surface area contributed by atoms with Gasteiger partial charge in [0.2, 0.25) is 0 Å². The zero-order chi connectivity index (χ0) is 18.7. The normalized spacial score (nSPS) is 10.5. The van der Waals surface area contributed by atoms with Crippen LogP contribution in [-0.2, 0) is 9.53 Å². The number of ether oxygens (including phenoxy) is 1. The summed E-state index contributed by atoms with van der Waals surface area (Å²) in [6, 6.07) is 11.0. The molecule has 2 aromatic carbocycles. The number of anilines is 1. The molecule has 3 rings (SSSR count). The topological polar surface area (TPSA) is 101 Å². The Kier molecular flexibility index (Phi) is 5.20. The molecule has 0 aliphatic rings. The summed E-state index contributed by atoms with van der Waals surface area (Å²) in [5.74, 6) is -1.41. The lowest BCUT2D eigenvalue weighted by Crippen LogP contribution is -2.22. The van der Waals surface area contributed by atoms with Crippen molar-refractivity contribution in [1.29, 1.82) is 0 Å². The van der Waals surface area contributed by atoms with E-state index in [1.54, 1.807) is 24.3 Å². The van der Waals surface area contributed by atoms with Crippen molar-refractivity contribution in [3.8, 4) is 0 Å². The second-order valence-corrected chi connectivity index (χ2v) is 6.10. The van der Waals surface area contributed by atoms with Gasteiger partial charge in [-0.05, 0) is 24.3 Å². The largest absolute Gasteiger partial charge is 0.451 e. The van der Waals surface area contributed by atoms with Crippen LogP contribution in [0.5, 0.6) is 0 Å². The van der Waals surface area contributed by atoms with E-state index in [-0.39, 0.29) is 5.69 Å². The molecule has 0 bridgehead atoms. The predicted molar refractivity (Wildman–Crippen MR) is 97.7 cm³/mol. The number of carbonyl (C=O) groups excluding carboxylic acids is 2. The number of nitrogens with one attached hydrogen (secondary N) is 2. The van der Waals surface area contributed by atoms with E-state index in [1.165, 1.54) is 18.2 Å². The number of fused-ring (bicyclic) bond motifs is 1. The number of H-pyrrole nitrogens is 1. The number of aromatic amines is 1. The Hall–Kier alpha value is -2.90. The van der Waals surface area contributed by atoms with Crippen LogP contribution in [0.15, 0.2) is 47.3 Å². The second kappa shape index (κ2) is 7.55. The van der Waals surface area contributed by atoms with Crippen LogP contribution in [0.1, 0.15) is 10.5 Å². The number of hydrogen-bond donors (Lipinski definition) is 2. The van der Waals surface area contributed by atoms with Crippen LogP contribution in [0, 0.1) is 0 Å². The number of esters is 1. The fraction of sp³-hybridized carbons (Fsp3) is 0.0588. The zero-order valence-electron chi connectivity index (χ0n) is 13.1. The maximum atomic E-state index is 12.2. The fourth-order valence-corrected chi connectivity index (χ4v) is 2.82. The first-order chi connectivity index (χ1) is 12.4. The quantitative estimate of drug-likeness (QED) is 0.665. The number of amides is 1. The minimum atomic E-state index is -0.836. The van der Waals surface area contributed by atoms with E-state index in [0.29, 0.717) is 26.5 Å². The van der Waals surface area contributed by atoms with E-state index < -0.39 is 24.0 Å². The maximum absolute atomic E-state index is 12.2. The lowest BCUT2D eigenvalue weighted by atomic mass is 10.1. The number of nitrogens with zero attached hydrogens (tertiary/aromatic N) is 1. The molecule has 7 nitrogen and oxygen atoms in total. The average Bonchev–Trinajstić information content (AvgIpc) is 2.59. The molecule has 0 saturated heterocycles. The highest BCUT2D eigenvalue weighted by atomic mass is 35.5. The lowest BCUT2D eigenvalue weighted by molar-refractivity contribution is -0.119. The third-order valence-electron chi connectivity index (χ3n) is 3.37. The van der Waals surface area contributed by atoms with E-state index in [0.717, 1.165) is 0 Å². The first-order valence-electron chi connectivity index (χ1n) is 7.34. The van der Waals surface area contributed by atoms with E-state index in [4.69, 9.17) is 27.9 Å². The minimum absolute atomic E-state index is 0.0844. The summed E-state index contributed by atoms with van der Waals surface area (Å²) in [6.07, 6.45) is 0. The lowest BCUT2D eigenvalue weighted by Gasteiger charge is -2.08. The highest BCUT2D eigenvalue weighted by Crippen LogP contribution is 2.22. The highest BCUT2D eigenvalue weighted by Gasteiger charge is 2.17. The van der Waals surface area contributed by atoms with Crippen LogP contribution < -0.4 is 10.9 Å². The molecule has 9 heteroatoms. The van der Waals surface area contributed by atoms with Crippen LogP contribution in [0.3, 0.4) is 0 Å². The van der Waals surface area contributed by atoms with Gasteiger partial charge >= 0.3 is 5.97 Å². The van der Waals surface area contributed by atoms with E-state index in [9.17, 15) is 14.4 Å². The Morgan fingerprint density at radius 1 is 1.08 bits per heavy atom. The molecule has 0 spiro atoms. The van der Waals surface area contributed by atoms with Crippen LogP contribution in [0.4, 0.5) is 5.69 Å². The fourth-order valence-electron chi connectivity index (χ4n) is 2.29. The van der Waals surface area contributed by atoms with Gasteiger partial charge in [-0.15, -0.1) is 0 Å². The Morgan fingerprint density at radius 2 is 1.73 bits per heavy atom. The molecule has 1 heterocycles. The van der Waals surface area contributed by atoms with Crippen LogP contribution in [0.25, 0.3) is 10.8 Å². The molecular formula is C17H11Cl2N3O4. The number of aromatic nitrogens is 2. The average molecular weight is 392 g/mol. The molecule has 0 radical (unpaired) electrons. The van der Waals surface area contributed by atoms with Crippen molar-refractivity contribution in [2.45, 2.75) is 0 Å². The number of rotatable bonds is 4. The molecule has 2 N–H and O–H groups in total. The van der Waals surface area contributed by atoms with Gasteiger partial charge in [-0.1, -0.05) is 41.4 Å². The van der Waals surface area contributed by atoms with E-state index in [1.807, 2.05) is 0 Å². The molecule has 1 amide bonds. The molecule has 132 valence electrons. The zero-order valence-corrected chi connectivity index (χ0v) is 14.6. The molecule has 0 saturated carbocycles. The van der Waals surface area contributed by atoms with Crippen LogP contribution >= 0.6 is 23.2 Å². The van der Waals surface area contributed by atoms with Gasteiger partial charge in [-0.25, -0.2) is 9.89 Å². The predicted octanol–water partition coefficient (Wildman–Crippen LogP) is 3.03. The Balaban J connectivity index is 1.70. The van der Waals surface area contributed by atoms with Gasteiger partial charge in [0, 0.05) is 21.1 Å². The van der Waals surface area contributed by atoms with Gasteiger partial charge in [0.25, 0.3) is 11.5 Å². The Bertz CT molecular complexity index is 1050. The van der Waals surface area contributed by atoms with Gasteiger partial charge in [0.15, 0.2) is 12.3 Å². The summed E-state index contributed by atoms with van der Waals surface area (Å²) in [5.41, 5.74) is -0.136. The van der Waals surface area contributed by atoms with Crippen LogP contribution in [0.2, 0.25) is 10.0 Å². The highest BCUT2D eigenvalue weighted by molar-refractivity contribution is 6.35. The summed E-state index contributed by atoms with van der Waals surface area (Å²) in [4.78, 5) is 35.9. The smallest absolute Gasteiger partial charge is 0.359 e. The molecule has 0 unspecified atom stereocenters. The van der Waals surface area contributed by atoms with Gasteiger partial charge in [-0.2, -0.15) is 5.10 Å². The second-order valence-electron chi connectivity index (χ2n) is 5.23. The molecule has 0 atom stereocenters. The van der Waals surface area contributed by atoms with Crippen molar-refractivity contribution < 1.29 is 14.3 Å². The molecule has 3 aromatic rings. The molecule has 26 heavy (non-hydrogen) atoms. The molecule has 1 aromatic heterocycles. The van der Waals surface area contributed by atoms with Crippen molar-refractivity contribution in [2.75, 3.05) is 11.9 Å². The van der Waals surface area contributed by atoms with Crippen molar-refractivity contribution in [3.63, 3.8) is 0 Å².